The van der Waals surface area contributed by atoms with Gasteiger partial charge < -0.3 is 10.1 Å². The Morgan fingerprint density at radius 2 is 1.80 bits per heavy atom. The highest BCUT2D eigenvalue weighted by Crippen LogP contribution is 2.22. The minimum atomic E-state index is -4.64. The fourth-order valence-corrected chi connectivity index (χ4v) is 1.82. The predicted molar refractivity (Wildman–Crippen MR) is 72.6 cm³/mol. The number of likely N-dealkylation sites (N-methyl/N-ethyl adjacent to an activating group) is 2. The summed E-state index contributed by atoms with van der Waals surface area (Å²) in [6.45, 7) is 8.47. The molecule has 6 heteroatoms. The van der Waals surface area contributed by atoms with Gasteiger partial charge in [0.05, 0.1) is 0 Å². The Hall–Kier alpha value is -1.27. The fraction of sp³-hybridized carbons (Fsp3) is 0.571. The second-order valence-corrected chi connectivity index (χ2v) is 4.41. The molecule has 0 atom stereocenters. The lowest BCUT2D eigenvalue weighted by molar-refractivity contribution is -0.274. The van der Waals surface area contributed by atoms with Crippen LogP contribution in [0.15, 0.2) is 24.3 Å². The number of hydrogen-bond acceptors (Lipinski definition) is 3. The molecule has 0 saturated heterocycles. The molecule has 0 unspecified atom stereocenters. The third kappa shape index (κ3) is 6.77. The third-order valence-electron chi connectivity index (χ3n) is 2.87. The molecule has 0 fully saturated rings. The number of benzene rings is 1. The highest BCUT2D eigenvalue weighted by atomic mass is 19.4. The van der Waals surface area contributed by atoms with Gasteiger partial charge in [-0.1, -0.05) is 26.0 Å². The van der Waals surface area contributed by atoms with Crippen molar-refractivity contribution >= 4 is 0 Å². The fourth-order valence-electron chi connectivity index (χ4n) is 1.82. The lowest BCUT2D eigenvalue weighted by Gasteiger charge is -2.20. The number of rotatable bonds is 8. The molecule has 1 rings (SSSR count). The Balaban J connectivity index is 2.50. The van der Waals surface area contributed by atoms with E-state index >= 15 is 0 Å². The summed E-state index contributed by atoms with van der Waals surface area (Å²) >= 11 is 0. The molecule has 0 radical (unpaired) electrons. The van der Waals surface area contributed by atoms with E-state index in [-0.39, 0.29) is 5.75 Å². The number of halogens is 3. The molecule has 0 aliphatic rings. The van der Waals surface area contributed by atoms with Crippen molar-refractivity contribution in [1.82, 2.24) is 10.2 Å². The Morgan fingerprint density at radius 3 is 2.30 bits per heavy atom. The Labute approximate surface area is 117 Å². The van der Waals surface area contributed by atoms with Crippen LogP contribution >= 0.6 is 0 Å². The average molecular weight is 290 g/mol. The average Bonchev–Trinajstić information content (AvgIpc) is 2.38. The maximum absolute atomic E-state index is 12.0. The van der Waals surface area contributed by atoms with Gasteiger partial charge >= 0.3 is 6.36 Å². The molecule has 1 N–H and O–H groups in total. The van der Waals surface area contributed by atoms with Gasteiger partial charge in [-0.25, -0.2) is 0 Å². The van der Waals surface area contributed by atoms with Crippen molar-refractivity contribution in [2.45, 2.75) is 26.8 Å². The lowest BCUT2D eigenvalue weighted by atomic mass is 10.2. The Kier molecular flexibility index (Phi) is 6.81. The molecule has 0 aliphatic heterocycles. The number of nitrogens with one attached hydrogen (secondary N) is 1. The molecule has 114 valence electrons. The summed E-state index contributed by atoms with van der Waals surface area (Å²) in [5, 5.41) is 3.25. The van der Waals surface area contributed by atoms with Crippen molar-refractivity contribution in [3.05, 3.63) is 29.8 Å². The summed E-state index contributed by atoms with van der Waals surface area (Å²) in [4.78, 5) is 2.22. The van der Waals surface area contributed by atoms with Gasteiger partial charge in [-0.05, 0) is 30.8 Å². The second-order valence-electron chi connectivity index (χ2n) is 4.41. The summed E-state index contributed by atoms with van der Waals surface area (Å²) < 4.78 is 40.0. The monoisotopic (exact) mass is 290 g/mol. The van der Waals surface area contributed by atoms with Crippen molar-refractivity contribution in [3.8, 4) is 5.75 Å². The van der Waals surface area contributed by atoms with Crippen molar-refractivity contribution < 1.29 is 17.9 Å². The first kappa shape index (κ1) is 16.8. The third-order valence-corrected chi connectivity index (χ3v) is 2.87. The standard InChI is InChI=1S/C14H21F3N2O/c1-3-18-9-10-19(4-2)11-12-5-7-13(8-6-12)20-14(15,16)17/h5-8,18H,3-4,9-11H2,1-2H3. The van der Waals surface area contributed by atoms with Crippen LogP contribution in [-0.2, 0) is 6.54 Å². The van der Waals surface area contributed by atoms with Crippen LogP contribution in [0.4, 0.5) is 13.2 Å². The van der Waals surface area contributed by atoms with E-state index in [1.54, 1.807) is 12.1 Å². The van der Waals surface area contributed by atoms with Crippen molar-refractivity contribution in [2.24, 2.45) is 0 Å². The largest absolute Gasteiger partial charge is 0.573 e. The summed E-state index contributed by atoms with van der Waals surface area (Å²) in [6, 6.07) is 6.02. The second kappa shape index (κ2) is 8.11. The van der Waals surface area contributed by atoms with E-state index in [1.165, 1.54) is 12.1 Å². The highest BCUT2D eigenvalue weighted by molar-refractivity contribution is 5.27. The number of hydrogen-bond donors (Lipinski definition) is 1. The van der Waals surface area contributed by atoms with Crippen LogP contribution in [-0.4, -0.2) is 37.4 Å². The predicted octanol–water partition coefficient (Wildman–Crippen LogP) is 3.02. The van der Waals surface area contributed by atoms with Crippen LogP contribution in [0.25, 0.3) is 0 Å². The molecule has 0 aliphatic carbocycles. The molecule has 3 nitrogen and oxygen atoms in total. The molecule has 0 heterocycles. The summed E-state index contributed by atoms with van der Waals surface area (Å²) in [5.74, 6) is -0.183. The van der Waals surface area contributed by atoms with Crippen LogP contribution in [0.1, 0.15) is 19.4 Å². The van der Waals surface area contributed by atoms with E-state index < -0.39 is 6.36 Å². The molecule has 20 heavy (non-hydrogen) atoms. The zero-order chi connectivity index (χ0) is 15.0. The molecule has 1 aromatic carbocycles. The number of alkyl halides is 3. The van der Waals surface area contributed by atoms with Gasteiger partial charge in [0.15, 0.2) is 0 Å². The van der Waals surface area contributed by atoms with Crippen LogP contribution in [0, 0.1) is 0 Å². The highest BCUT2D eigenvalue weighted by Gasteiger charge is 2.30. The quantitative estimate of drug-likeness (QED) is 0.745. The normalized spacial score (nSPS) is 11.9. The van der Waals surface area contributed by atoms with E-state index in [0.717, 1.165) is 31.7 Å². The van der Waals surface area contributed by atoms with Gasteiger partial charge in [-0.3, -0.25) is 4.90 Å². The van der Waals surface area contributed by atoms with Gasteiger partial charge in [0.25, 0.3) is 0 Å². The Morgan fingerprint density at radius 1 is 1.15 bits per heavy atom. The first-order valence-corrected chi connectivity index (χ1v) is 6.72. The summed E-state index contributed by atoms with van der Waals surface area (Å²) in [5.41, 5.74) is 0.970. The molecule has 1 aromatic rings. The van der Waals surface area contributed by atoms with Crippen LogP contribution in [0.5, 0.6) is 5.75 Å². The van der Waals surface area contributed by atoms with E-state index in [1.807, 2.05) is 0 Å². The van der Waals surface area contributed by atoms with Crippen molar-refractivity contribution in [1.29, 1.82) is 0 Å². The first-order chi connectivity index (χ1) is 9.44. The summed E-state index contributed by atoms with van der Waals surface area (Å²) in [6.07, 6.45) is -4.64. The molecule has 0 aromatic heterocycles. The summed E-state index contributed by atoms with van der Waals surface area (Å²) in [7, 11) is 0. The molecule has 0 saturated carbocycles. The van der Waals surface area contributed by atoms with E-state index in [0.29, 0.717) is 6.54 Å². The molecule has 0 bridgehead atoms. The van der Waals surface area contributed by atoms with Gasteiger partial charge in [-0.15, -0.1) is 13.2 Å². The van der Waals surface area contributed by atoms with Crippen molar-refractivity contribution in [2.75, 3.05) is 26.2 Å². The van der Waals surface area contributed by atoms with Gasteiger partial charge in [0.1, 0.15) is 5.75 Å². The molecule has 0 amide bonds. The molecule has 0 spiro atoms. The van der Waals surface area contributed by atoms with E-state index in [2.05, 4.69) is 28.8 Å². The van der Waals surface area contributed by atoms with Crippen LogP contribution < -0.4 is 10.1 Å². The molecular weight excluding hydrogens is 269 g/mol. The first-order valence-electron chi connectivity index (χ1n) is 6.72. The molecular formula is C14H21F3N2O. The SMILES string of the molecule is CCNCCN(CC)Cc1ccc(OC(F)(F)F)cc1. The van der Waals surface area contributed by atoms with Crippen LogP contribution in [0.3, 0.4) is 0 Å². The van der Waals surface area contributed by atoms with E-state index in [9.17, 15) is 13.2 Å². The van der Waals surface area contributed by atoms with Gasteiger partial charge in [-0.2, -0.15) is 0 Å². The smallest absolute Gasteiger partial charge is 0.406 e. The minimum Gasteiger partial charge on any atom is -0.406 e. The zero-order valence-electron chi connectivity index (χ0n) is 11.8. The van der Waals surface area contributed by atoms with Gasteiger partial charge in [0.2, 0.25) is 0 Å². The lowest BCUT2D eigenvalue weighted by Crippen LogP contribution is -2.31. The van der Waals surface area contributed by atoms with E-state index in [4.69, 9.17) is 0 Å². The number of nitrogens with zero attached hydrogens (tertiary/aromatic N) is 1. The maximum atomic E-state index is 12.0. The van der Waals surface area contributed by atoms with Gasteiger partial charge in [0, 0.05) is 19.6 Å². The zero-order valence-corrected chi connectivity index (χ0v) is 11.8. The number of ether oxygens (including phenoxy) is 1. The minimum absolute atomic E-state index is 0.183. The Bertz CT molecular complexity index is 379. The van der Waals surface area contributed by atoms with Crippen LogP contribution in [0.2, 0.25) is 0 Å². The maximum Gasteiger partial charge on any atom is 0.573 e. The topological polar surface area (TPSA) is 24.5 Å². The van der Waals surface area contributed by atoms with Crippen molar-refractivity contribution in [3.63, 3.8) is 0 Å².